The molecule has 0 atom stereocenters. The second-order valence-electron chi connectivity index (χ2n) is 6.92. The van der Waals surface area contributed by atoms with E-state index < -0.39 is 29.3 Å². The number of ether oxygens (including phenoxy) is 2. The van der Waals surface area contributed by atoms with E-state index in [1.54, 1.807) is 30.3 Å². The number of nitro groups is 1. The summed E-state index contributed by atoms with van der Waals surface area (Å²) in [6.45, 7) is 3.32. The molecule has 30 heavy (non-hydrogen) atoms. The topological polar surface area (TPSA) is 99.0 Å². The monoisotopic (exact) mass is 418 g/mol. The van der Waals surface area contributed by atoms with Crippen LogP contribution in [0.15, 0.2) is 48.5 Å². The van der Waals surface area contributed by atoms with Gasteiger partial charge in [0.1, 0.15) is 18.1 Å². The first-order chi connectivity index (χ1) is 14.3. The minimum Gasteiger partial charge on any atom is -0.481 e. The zero-order chi connectivity index (χ0) is 22.1. The van der Waals surface area contributed by atoms with E-state index in [2.05, 4.69) is 0 Å². The van der Waals surface area contributed by atoms with E-state index in [9.17, 15) is 24.1 Å². The second-order valence-corrected chi connectivity index (χ2v) is 6.92. The van der Waals surface area contributed by atoms with Crippen LogP contribution >= 0.6 is 0 Å². The van der Waals surface area contributed by atoms with Crippen LogP contribution in [0.1, 0.15) is 36.2 Å². The van der Waals surface area contributed by atoms with Gasteiger partial charge in [0.15, 0.2) is 11.6 Å². The Morgan fingerprint density at radius 1 is 1.17 bits per heavy atom. The van der Waals surface area contributed by atoms with Gasteiger partial charge in [0.25, 0.3) is 0 Å². The van der Waals surface area contributed by atoms with Crippen LogP contribution in [-0.4, -0.2) is 35.1 Å². The van der Waals surface area contributed by atoms with Crippen LogP contribution in [0.4, 0.5) is 4.39 Å². The summed E-state index contributed by atoms with van der Waals surface area (Å²) in [5.41, 5.74) is 0.305. The Morgan fingerprint density at radius 2 is 1.87 bits per heavy atom. The molecule has 0 unspecified atom stereocenters. The van der Waals surface area contributed by atoms with Gasteiger partial charge in [-0.2, -0.15) is 0 Å². The maximum Gasteiger partial charge on any atom is 0.344 e. The molecule has 2 aromatic rings. The fourth-order valence-corrected chi connectivity index (χ4v) is 2.48. The van der Waals surface area contributed by atoms with Gasteiger partial charge in [0, 0.05) is 6.07 Å². The molecule has 8 nitrogen and oxygen atoms in total. The largest absolute Gasteiger partial charge is 0.481 e. The van der Waals surface area contributed by atoms with Gasteiger partial charge < -0.3 is 9.47 Å². The Bertz CT molecular complexity index is 888. The average molecular weight is 418 g/mol. The molecule has 0 aromatic heterocycles. The molecule has 0 N–H and O–H groups in total. The minimum absolute atomic E-state index is 0.209. The average Bonchev–Trinajstić information content (AvgIpc) is 2.70. The highest BCUT2D eigenvalue weighted by Gasteiger charge is 2.29. The van der Waals surface area contributed by atoms with Crippen molar-refractivity contribution in [2.45, 2.75) is 26.8 Å². The van der Waals surface area contributed by atoms with Crippen LogP contribution in [0.3, 0.4) is 0 Å². The Morgan fingerprint density at radius 3 is 2.50 bits per heavy atom. The quantitative estimate of drug-likeness (QED) is 0.332. The molecule has 2 aromatic carbocycles. The third-order valence-corrected chi connectivity index (χ3v) is 4.08. The number of amides is 1. The van der Waals surface area contributed by atoms with Gasteiger partial charge in [-0.05, 0) is 30.0 Å². The highest BCUT2D eigenvalue weighted by Crippen LogP contribution is 2.23. The van der Waals surface area contributed by atoms with Crippen molar-refractivity contribution in [1.82, 2.24) is 5.01 Å². The summed E-state index contributed by atoms with van der Waals surface area (Å²) >= 11 is 0. The predicted molar refractivity (Wildman–Crippen MR) is 106 cm³/mol. The summed E-state index contributed by atoms with van der Waals surface area (Å²) in [5.74, 6) is -2.32. The molecule has 0 radical (unpaired) electrons. The Balaban J connectivity index is 2.14. The summed E-state index contributed by atoms with van der Waals surface area (Å²) in [5, 5.41) is 11.0. The van der Waals surface area contributed by atoms with Crippen molar-refractivity contribution in [3.63, 3.8) is 0 Å². The van der Waals surface area contributed by atoms with Crippen LogP contribution in [0, 0.1) is 21.8 Å². The normalized spacial score (nSPS) is 10.5. The SMILES string of the molecule is CC(C)CCOC(=O)COc1cc(F)ccc1C(=O)N(Cc1ccccc1)[N+](=O)[O-]. The second kappa shape index (κ2) is 10.9. The highest BCUT2D eigenvalue weighted by atomic mass is 19.1. The molecule has 0 aliphatic heterocycles. The van der Waals surface area contributed by atoms with Crippen LogP contribution in [0.2, 0.25) is 0 Å². The summed E-state index contributed by atoms with van der Waals surface area (Å²) in [7, 11) is 0. The molecule has 2 rings (SSSR count). The zero-order valence-corrected chi connectivity index (χ0v) is 16.7. The molecule has 0 aliphatic rings. The molecule has 9 heteroatoms. The summed E-state index contributed by atoms with van der Waals surface area (Å²) in [6.07, 6.45) is 0.673. The summed E-state index contributed by atoms with van der Waals surface area (Å²) < 4.78 is 23.9. The van der Waals surface area contributed by atoms with Crippen molar-refractivity contribution in [2.24, 2.45) is 5.92 Å². The van der Waals surface area contributed by atoms with Crippen LogP contribution in [0.25, 0.3) is 0 Å². The molecular formula is C21H23FN2O6. The van der Waals surface area contributed by atoms with E-state index in [0.717, 1.165) is 18.2 Å². The maximum absolute atomic E-state index is 13.7. The fraction of sp³-hybridized carbons (Fsp3) is 0.333. The number of hydrogen-bond donors (Lipinski definition) is 0. The summed E-state index contributed by atoms with van der Waals surface area (Å²) in [4.78, 5) is 36.0. The Kier molecular flexibility index (Phi) is 8.28. The first kappa shape index (κ1) is 22.8. The Hall–Kier alpha value is -3.49. The summed E-state index contributed by atoms with van der Waals surface area (Å²) in [6, 6.07) is 11.4. The van der Waals surface area contributed by atoms with Crippen LogP contribution < -0.4 is 4.74 Å². The Labute approximate surface area is 173 Å². The number of hydrazine groups is 1. The molecule has 0 heterocycles. The smallest absolute Gasteiger partial charge is 0.344 e. The molecule has 0 aliphatic carbocycles. The lowest BCUT2D eigenvalue weighted by atomic mass is 10.1. The van der Waals surface area contributed by atoms with E-state index in [0.29, 0.717) is 22.9 Å². The van der Waals surface area contributed by atoms with Crippen LogP contribution in [0.5, 0.6) is 5.75 Å². The molecule has 160 valence electrons. The zero-order valence-electron chi connectivity index (χ0n) is 16.7. The number of benzene rings is 2. The third-order valence-electron chi connectivity index (χ3n) is 4.08. The number of carbonyl (C=O) groups is 2. The lowest BCUT2D eigenvalue weighted by Gasteiger charge is -2.15. The van der Waals surface area contributed by atoms with E-state index in [1.807, 2.05) is 13.8 Å². The van der Waals surface area contributed by atoms with E-state index in [1.165, 1.54) is 0 Å². The minimum atomic E-state index is -0.993. The fourth-order valence-electron chi connectivity index (χ4n) is 2.48. The molecule has 0 saturated carbocycles. The van der Waals surface area contributed by atoms with E-state index in [4.69, 9.17) is 9.47 Å². The van der Waals surface area contributed by atoms with Gasteiger partial charge in [-0.3, -0.25) is 4.79 Å². The number of carbonyl (C=O) groups excluding carboxylic acids is 2. The lowest BCUT2D eigenvalue weighted by Crippen LogP contribution is -2.36. The number of hydrogen-bond acceptors (Lipinski definition) is 6. The van der Waals surface area contributed by atoms with Crippen molar-refractivity contribution in [3.8, 4) is 5.75 Å². The first-order valence-electron chi connectivity index (χ1n) is 9.36. The van der Waals surface area contributed by atoms with Gasteiger partial charge in [0.2, 0.25) is 0 Å². The third kappa shape index (κ3) is 6.84. The molecule has 0 bridgehead atoms. The molecule has 1 amide bonds. The maximum atomic E-state index is 13.7. The lowest BCUT2D eigenvalue weighted by molar-refractivity contribution is -0.635. The van der Waals surface area contributed by atoms with Gasteiger partial charge in [-0.15, -0.1) is 0 Å². The predicted octanol–water partition coefficient (Wildman–Crippen LogP) is 3.63. The van der Waals surface area contributed by atoms with E-state index in [-0.39, 0.29) is 24.5 Å². The van der Waals surface area contributed by atoms with Gasteiger partial charge in [-0.25, -0.2) is 19.3 Å². The molecule has 0 fully saturated rings. The standard InChI is InChI=1S/C21H23FN2O6/c1-15(2)10-11-29-20(25)14-30-19-12-17(22)8-9-18(19)21(26)23(24(27)28)13-16-6-4-3-5-7-16/h3-9,12,15H,10-11,13-14H2,1-2H3. The highest BCUT2D eigenvalue weighted by molar-refractivity contribution is 5.96. The van der Waals surface area contributed by atoms with Crippen molar-refractivity contribution in [1.29, 1.82) is 0 Å². The van der Waals surface area contributed by atoms with Crippen molar-refractivity contribution >= 4 is 11.9 Å². The molecule has 0 saturated heterocycles. The molecule has 0 spiro atoms. The van der Waals surface area contributed by atoms with Gasteiger partial charge >= 0.3 is 11.9 Å². The number of esters is 1. The van der Waals surface area contributed by atoms with Crippen molar-refractivity contribution < 1.29 is 28.5 Å². The van der Waals surface area contributed by atoms with Gasteiger partial charge in [-0.1, -0.05) is 49.2 Å². The van der Waals surface area contributed by atoms with Crippen LogP contribution in [-0.2, 0) is 16.1 Å². The molecular weight excluding hydrogens is 395 g/mol. The number of halogens is 1. The first-order valence-corrected chi connectivity index (χ1v) is 9.36. The van der Waals surface area contributed by atoms with Crippen molar-refractivity contribution in [2.75, 3.05) is 13.2 Å². The van der Waals surface area contributed by atoms with Gasteiger partial charge in [0.05, 0.1) is 12.2 Å². The van der Waals surface area contributed by atoms with E-state index >= 15 is 0 Å². The number of nitrogens with zero attached hydrogens (tertiary/aromatic N) is 2. The van der Waals surface area contributed by atoms with Crippen molar-refractivity contribution in [3.05, 3.63) is 75.6 Å². The number of rotatable bonds is 10.